The highest BCUT2D eigenvalue weighted by molar-refractivity contribution is 7.80. The first-order chi connectivity index (χ1) is 12.8. The largest absolute Gasteiger partial charge is 0.465 e. The van der Waals surface area contributed by atoms with Crippen molar-refractivity contribution in [3.8, 4) is 0 Å². The molecule has 142 valence electrons. The van der Waals surface area contributed by atoms with Gasteiger partial charge in [0.15, 0.2) is 10.9 Å². The Kier molecular flexibility index (Phi) is 6.65. The van der Waals surface area contributed by atoms with E-state index in [9.17, 15) is 14.4 Å². The number of carbonyl (C=O) groups excluding carboxylic acids is 3. The summed E-state index contributed by atoms with van der Waals surface area (Å²) in [6, 6.07) is 6.78. The standard InChI is InChI=1S/C18H18N2O5S2/c1-9-13(16(22)24-3)15(27-14(9)17(23)25-4)20-18(26)19-12-7-5-11(6-8-12)10(2)21/h5-8H,1-4H3,(H2,19,20,26). The summed E-state index contributed by atoms with van der Waals surface area (Å²) in [7, 11) is 2.53. The number of anilines is 2. The highest BCUT2D eigenvalue weighted by Gasteiger charge is 2.26. The fourth-order valence-electron chi connectivity index (χ4n) is 2.29. The molecule has 0 atom stereocenters. The first kappa shape index (κ1) is 20.5. The molecule has 0 saturated carbocycles. The van der Waals surface area contributed by atoms with Crippen LogP contribution in [0.15, 0.2) is 24.3 Å². The maximum atomic E-state index is 12.1. The van der Waals surface area contributed by atoms with Crippen LogP contribution >= 0.6 is 23.6 Å². The highest BCUT2D eigenvalue weighted by Crippen LogP contribution is 2.34. The molecule has 0 aliphatic heterocycles. The number of carbonyl (C=O) groups is 3. The molecule has 1 aromatic carbocycles. The van der Waals surface area contributed by atoms with Crippen LogP contribution in [0.1, 0.15) is 42.9 Å². The van der Waals surface area contributed by atoms with Crippen LogP contribution in [-0.4, -0.2) is 37.1 Å². The van der Waals surface area contributed by atoms with Gasteiger partial charge in [-0.1, -0.05) is 0 Å². The smallest absolute Gasteiger partial charge is 0.348 e. The van der Waals surface area contributed by atoms with Crippen molar-refractivity contribution in [2.45, 2.75) is 13.8 Å². The molecule has 2 aromatic rings. The average Bonchev–Trinajstić information content (AvgIpc) is 2.96. The van der Waals surface area contributed by atoms with Gasteiger partial charge < -0.3 is 20.1 Å². The van der Waals surface area contributed by atoms with E-state index in [0.29, 0.717) is 21.8 Å². The van der Waals surface area contributed by atoms with E-state index in [2.05, 4.69) is 10.6 Å². The molecule has 0 aliphatic rings. The number of methoxy groups -OCH3 is 2. The summed E-state index contributed by atoms with van der Waals surface area (Å²) < 4.78 is 9.55. The van der Waals surface area contributed by atoms with Gasteiger partial charge in [-0.2, -0.15) is 0 Å². The third-order valence-corrected chi connectivity index (χ3v) is 5.07. The number of hydrogen-bond donors (Lipinski definition) is 2. The summed E-state index contributed by atoms with van der Waals surface area (Å²) in [5.74, 6) is -1.17. The zero-order chi connectivity index (χ0) is 20.1. The van der Waals surface area contributed by atoms with Crippen molar-refractivity contribution in [3.05, 3.63) is 45.8 Å². The fourth-order valence-corrected chi connectivity index (χ4v) is 3.69. The normalized spacial score (nSPS) is 10.1. The number of thiocarbonyl (C=S) groups is 1. The maximum Gasteiger partial charge on any atom is 0.348 e. The van der Waals surface area contributed by atoms with Gasteiger partial charge in [-0.3, -0.25) is 4.79 Å². The van der Waals surface area contributed by atoms with Crippen LogP contribution in [0.4, 0.5) is 10.7 Å². The summed E-state index contributed by atoms with van der Waals surface area (Å²) >= 11 is 6.33. The number of ketones is 1. The molecule has 0 spiro atoms. The molecule has 2 rings (SSSR count). The van der Waals surface area contributed by atoms with E-state index in [-0.39, 0.29) is 21.3 Å². The van der Waals surface area contributed by atoms with Gasteiger partial charge >= 0.3 is 11.9 Å². The summed E-state index contributed by atoms with van der Waals surface area (Å²) in [6.07, 6.45) is 0. The number of Topliss-reactive ketones (excluding diaryl/α,β-unsaturated/α-hetero) is 1. The Bertz CT molecular complexity index is 903. The summed E-state index contributed by atoms with van der Waals surface area (Å²) in [5.41, 5.74) is 1.93. The molecule has 9 heteroatoms. The van der Waals surface area contributed by atoms with Crippen molar-refractivity contribution in [1.29, 1.82) is 0 Å². The molecule has 0 fully saturated rings. The highest BCUT2D eigenvalue weighted by atomic mass is 32.1. The van der Waals surface area contributed by atoms with Crippen LogP contribution in [0.5, 0.6) is 0 Å². The fraction of sp³-hybridized carbons (Fsp3) is 0.222. The Balaban J connectivity index is 2.24. The SMILES string of the molecule is COC(=O)c1sc(NC(=S)Nc2ccc(C(C)=O)cc2)c(C(=O)OC)c1C. The van der Waals surface area contributed by atoms with Gasteiger partial charge in [-0.15, -0.1) is 11.3 Å². The second-order valence-electron chi connectivity index (χ2n) is 5.46. The van der Waals surface area contributed by atoms with Crippen LogP contribution in [0.3, 0.4) is 0 Å². The first-order valence-electron chi connectivity index (χ1n) is 7.77. The second-order valence-corrected chi connectivity index (χ2v) is 6.89. The van der Waals surface area contributed by atoms with Crippen molar-refractivity contribution in [2.24, 2.45) is 0 Å². The molecular formula is C18H18N2O5S2. The van der Waals surface area contributed by atoms with Gasteiger partial charge in [0.25, 0.3) is 0 Å². The third kappa shape index (κ3) is 4.69. The Morgan fingerprint density at radius 3 is 2.11 bits per heavy atom. The van der Waals surface area contributed by atoms with E-state index in [1.807, 2.05) is 0 Å². The number of rotatable bonds is 5. The lowest BCUT2D eigenvalue weighted by Gasteiger charge is -2.11. The zero-order valence-corrected chi connectivity index (χ0v) is 16.8. The summed E-state index contributed by atoms with van der Waals surface area (Å²) in [6.45, 7) is 3.12. The van der Waals surface area contributed by atoms with Crippen molar-refractivity contribution in [1.82, 2.24) is 0 Å². The second kappa shape index (κ2) is 8.74. The van der Waals surface area contributed by atoms with Crippen molar-refractivity contribution in [2.75, 3.05) is 24.9 Å². The molecule has 27 heavy (non-hydrogen) atoms. The molecule has 0 radical (unpaired) electrons. The minimum Gasteiger partial charge on any atom is -0.465 e. The van der Waals surface area contributed by atoms with Crippen LogP contribution < -0.4 is 10.6 Å². The Morgan fingerprint density at radius 1 is 1.00 bits per heavy atom. The van der Waals surface area contributed by atoms with Crippen LogP contribution in [0.2, 0.25) is 0 Å². The van der Waals surface area contributed by atoms with Gasteiger partial charge in [0.05, 0.1) is 19.8 Å². The number of ether oxygens (including phenoxy) is 2. The number of esters is 2. The maximum absolute atomic E-state index is 12.1. The van der Waals surface area contributed by atoms with Gasteiger partial charge in [0, 0.05) is 11.3 Å². The van der Waals surface area contributed by atoms with Crippen LogP contribution in [0.25, 0.3) is 0 Å². The Hall–Kier alpha value is -2.78. The minimum atomic E-state index is -0.588. The van der Waals surface area contributed by atoms with Crippen molar-refractivity contribution >= 4 is 57.1 Å². The van der Waals surface area contributed by atoms with E-state index < -0.39 is 11.9 Å². The topological polar surface area (TPSA) is 93.7 Å². The van der Waals surface area contributed by atoms with Crippen LogP contribution in [0, 0.1) is 6.92 Å². The van der Waals surface area contributed by atoms with E-state index in [1.54, 1.807) is 31.2 Å². The molecule has 0 aliphatic carbocycles. The molecule has 2 N–H and O–H groups in total. The van der Waals surface area contributed by atoms with Gasteiger partial charge in [0.1, 0.15) is 9.88 Å². The number of hydrogen-bond acceptors (Lipinski definition) is 7. The molecule has 1 heterocycles. The molecule has 0 amide bonds. The predicted octanol–water partition coefficient (Wildman–Crippen LogP) is 3.64. The lowest BCUT2D eigenvalue weighted by atomic mass is 10.1. The van der Waals surface area contributed by atoms with Gasteiger partial charge in [-0.05, 0) is 55.9 Å². The Morgan fingerprint density at radius 2 is 1.59 bits per heavy atom. The van der Waals surface area contributed by atoms with E-state index >= 15 is 0 Å². The molecule has 0 unspecified atom stereocenters. The average molecular weight is 406 g/mol. The third-order valence-electron chi connectivity index (χ3n) is 3.68. The Labute approximate surface area is 165 Å². The van der Waals surface area contributed by atoms with Gasteiger partial charge in [-0.25, -0.2) is 9.59 Å². The molecular weight excluding hydrogens is 388 g/mol. The summed E-state index contributed by atoms with van der Waals surface area (Å²) in [4.78, 5) is 35.6. The zero-order valence-electron chi connectivity index (χ0n) is 15.2. The van der Waals surface area contributed by atoms with E-state index in [1.165, 1.54) is 21.1 Å². The predicted molar refractivity (Wildman–Crippen MR) is 108 cm³/mol. The number of nitrogens with one attached hydrogen (secondary N) is 2. The van der Waals surface area contributed by atoms with Gasteiger partial charge in [0.2, 0.25) is 0 Å². The van der Waals surface area contributed by atoms with Crippen molar-refractivity contribution < 1.29 is 23.9 Å². The summed E-state index contributed by atoms with van der Waals surface area (Å²) in [5, 5.41) is 6.46. The number of thiophene rings is 1. The lowest BCUT2D eigenvalue weighted by Crippen LogP contribution is -2.20. The first-order valence-corrected chi connectivity index (χ1v) is 9.00. The minimum absolute atomic E-state index is 0.0330. The monoisotopic (exact) mass is 406 g/mol. The van der Waals surface area contributed by atoms with E-state index in [4.69, 9.17) is 21.7 Å². The quantitative estimate of drug-likeness (QED) is 0.442. The molecule has 1 aromatic heterocycles. The van der Waals surface area contributed by atoms with E-state index in [0.717, 1.165) is 11.3 Å². The lowest BCUT2D eigenvalue weighted by molar-refractivity contribution is 0.0601. The molecule has 0 bridgehead atoms. The molecule has 0 saturated heterocycles. The van der Waals surface area contributed by atoms with Crippen LogP contribution in [-0.2, 0) is 9.47 Å². The molecule has 7 nitrogen and oxygen atoms in total. The van der Waals surface area contributed by atoms with Crippen molar-refractivity contribution in [3.63, 3.8) is 0 Å². The number of benzene rings is 1.